The SMILES string of the molecule is Nc1ccccc1N(Cc1ccccc1)S(=O)[O-]. The largest absolute Gasteiger partial charge is 0.755 e. The predicted octanol–water partition coefficient (Wildman–Crippen LogP) is 2.07. The smallest absolute Gasteiger partial charge is 0.0715 e. The van der Waals surface area contributed by atoms with Crippen molar-refractivity contribution in [1.29, 1.82) is 0 Å². The molecule has 0 saturated carbocycles. The minimum absolute atomic E-state index is 0.269. The summed E-state index contributed by atoms with van der Waals surface area (Å²) in [4.78, 5) is 0. The molecule has 4 nitrogen and oxygen atoms in total. The van der Waals surface area contributed by atoms with Crippen molar-refractivity contribution < 1.29 is 8.76 Å². The summed E-state index contributed by atoms with van der Waals surface area (Å²) in [5, 5.41) is 0. The first-order valence-corrected chi connectivity index (χ1v) is 6.47. The highest BCUT2D eigenvalue weighted by Crippen LogP contribution is 2.25. The predicted molar refractivity (Wildman–Crippen MR) is 72.4 cm³/mol. The number of anilines is 2. The van der Waals surface area contributed by atoms with Gasteiger partial charge in [-0.15, -0.1) is 0 Å². The van der Waals surface area contributed by atoms with Crippen LogP contribution < -0.4 is 10.0 Å². The summed E-state index contributed by atoms with van der Waals surface area (Å²) < 4.78 is 23.9. The molecule has 0 amide bonds. The lowest BCUT2D eigenvalue weighted by molar-refractivity contribution is 0.531. The maximum absolute atomic E-state index is 11.3. The molecule has 2 rings (SSSR count). The van der Waals surface area contributed by atoms with Crippen LogP contribution in [0.5, 0.6) is 0 Å². The summed E-state index contributed by atoms with van der Waals surface area (Å²) in [6.45, 7) is 0.269. The zero-order valence-corrected chi connectivity index (χ0v) is 10.5. The van der Waals surface area contributed by atoms with E-state index in [9.17, 15) is 8.76 Å². The van der Waals surface area contributed by atoms with Gasteiger partial charge < -0.3 is 10.3 Å². The van der Waals surface area contributed by atoms with E-state index in [-0.39, 0.29) is 6.54 Å². The summed E-state index contributed by atoms with van der Waals surface area (Å²) in [5.41, 5.74) is 7.64. The highest BCUT2D eigenvalue weighted by atomic mass is 32.2. The molecule has 2 N–H and O–H groups in total. The average molecular weight is 261 g/mol. The van der Waals surface area contributed by atoms with Crippen molar-refractivity contribution in [2.75, 3.05) is 10.0 Å². The van der Waals surface area contributed by atoms with Crippen LogP contribution in [-0.2, 0) is 17.8 Å². The zero-order valence-electron chi connectivity index (χ0n) is 9.65. The summed E-state index contributed by atoms with van der Waals surface area (Å²) in [6, 6.07) is 16.3. The Morgan fingerprint density at radius 2 is 1.67 bits per heavy atom. The highest BCUT2D eigenvalue weighted by Gasteiger charge is 2.10. The van der Waals surface area contributed by atoms with Crippen LogP contribution in [0.1, 0.15) is 5.56 Å². The van der Waals surface area contributed by atoms with Crippen molar-refractivity contribution in [3.63, 3.8) is 0 Å². The molecule has 0 aromatic heterocycles. The van der Waals surface area contributed by atoms with Crippen LogP contribution in [0, 0.1) is 0 Å². The van der Waals surface area contributed by atoms with Crippen LogP contribution in [-0.4, -0.2) is 8.76 Å². The van der Waals surface area contributed by atoms with E-state index in [2.05, 4.69) is 0 Å². The van der Waals surface area contributed by atoms with E-state index < -0.39 is 11.3 Å². The summed E-state index contributed by atoms with van der Waals surface area (Å²) in [6.07, 6.45) is 0. The molecule has 0 fully saturated rings. The summed E-state index contributed by atoms with van der Waals surface area (Å²) in [7, 11) is 0. The molecule has 0 heterocycles. The fourth-order valence-electron chi connectivity index (χ4n) is 1.68. The molecule has 0 bridgehead atoms. The van der Waals surface area contributed by atoms with Gasteiger partial charge in [0.25, 0.3) is 0 Å². The number of hydrogen-bond acceptors (Lipinski definition) is 3. The molecule has 18 heavy (non-hydrogen) atoms. The molecule has 0 aliphatic carbocycles. The molecular weight excluding hydrogens is 248 g/mol. The third kappa shape index (κ3) is 2.88. The lowest BCUT2D eigenvalue weighted by Gasteiger charge is -2.27. The van der Waals surface area contributed by atoms with E-state index in [1.165, 1.54) is 4.31 Å². The Labute approximate surface area is 108 Å². The van der Waals surface area contributed by atoms with Gasteiger partial charge in [0.05, 0.1) is 17.9 Å². The van der Waals surface area contributed by atoms with E-state index in [0.29, 0.717) is 11.4 Å². The van der Waals surface area contributed by atoms with Crippen molar-refractivity contribution >= 4 is 22.6 Å². The molecule has 0 aliphatic heterocycles. The van der Waals surface area contributed by atoms with Gasteiger partial charge in [0.15, 0.2) is 0 Å². The van der Waals surface area contributed by atoms with Gasteiger partial charge in [-0.05, 0) is 17.7 Å². The van der Waals surface area contributed by atoms with Crippen molar-refractivity contribution in [3.05, 3.63) is 60.2 Å². The maximum Gasteiger partial charge on any atom is 0.0715 e. The number of benzene rings is 2. The number of rotatable bonds is 4. The molecule has 2 aromatic carbocycles. The number of hydrogen-bond donors (Lipinski definition) is 1. The molecule has 1 atom stereocenters. The van der Waals surface area contributed by atoms with Gasteiger partial charge in [-0.2, -0.15) is 0 Å². The van der Waals surface area contributed by atoms with Gasteiger partial charge in [0, 0.05) is 11.3 Å². The summed E-state index contributed by atoms with van der Waals surface area (Å²) in [5.74, 6) is 0. The molecular formula is C13H13N2O2S-. The average Bonchev–Trinajstić information content (AvgIpc) is 2.38. The van der Waals surface area contributed by atoms with Gasteiger partial charge in [-0.3, -0.25) is 8.51 Å². The Balaban J connectivity index is 2.30. The fourth-order valence-corrected chi connectivity index (χ4v) is 2.26. The Bertz CT molecular complexity index is 546. The molecule has 2 aromatic rings. The van der Waals surface area contributed by atoms with E-state index in [1.54, 1.807) is 24.3 Å². The summed E-state index contributed by atoms with van der Waals surface area (Å²) >= 11 is -2.36. The Morgan fingerprint density at radius 3 is 2.28 bits per heavy atom. The first kappa shape index (κ1) is 12.6. The Kier molecular flexibility index (Phi) is 3.96. The normalized spacial score (nSPS) is 12.1. The Morgan fingerprint density at radius 1 is 1.06 bits per heavy atom. The molecule has 0 saturated heterocycles. The molecule has 0 spiro atoms. The van der Waals surface area contributed by atoms with Crippen LogP contribution in [0.4, 0.5) is 11.4 Å². The van der Waals surface area contributed by atoms with E-state index in [1.807, 2.05) is 30.3 Å². The third-order valence-electron chi connectivity index (χ3n) is 2.55. The van der Waals surface area contributed by atoms with Crippen molar-refractivity contribution in [1.82, 2.24) is 0 Å². The topological polar surface area (TPSA) is 69.4 Å². The van der Waals surface area contributed by atoms with Gasteiger partial charge in [-0.25, -0.2) is 0 Å². The second-order valence-corrected chi connectivity index (χ2v) is 4.67. The minimum atomic E-state index is -2.36. The van der Waals surface area contributed by atoms with Crippen molar-refractivity contribution in [3.8, 4) is 0 Å². The molecule has 94 valence electrons. The quantitative estimate of drug-likeness (QED) is 0.676. The molecule has 0 radical (unpaired) electrons. The maximum atomic E-state index is 11.3. The monoisotopic (exact) mass is 261 g/mol. The van der Waals surface area contributed by atoms with Crippen LogP contribution >= 0.6 is 0 Å². The first-order chi connectivity index (χ1) is 8.68. The minimum Gasteiger partial charge on any atom is -0.755 e. The van der Waals surface area contributed by atoms with Gasteiger partial charge >= 0.3 is 0 Å². The third-order valence-corrected chi connectivity index (χ3v) is 3.24. The number of para-hydroxylation sites is 2. The lowest BCUT2D eigenvalue weighted by Crippen LogP contribution is -2.25. The zero-order chi connectivity index (χ0) is 13.0. The highest BCUT2D eigenvalue weighted by molar-refractivity contribution is 7.80. The first-order valence-electron chi connectivity index (χ1n) is 5.44. The van der Waals surface area contributed by atoms with Gasteiger partial charge in [0.2, 0.25) is 0 Å². The fraction of sp³-hybridized carbons (Fsp3) is 0.0769. The van der Waals surface area contributed by atoms with Crippen LogP contribution in [0.15, 0.2) is 54.6 Å². The van der Waals surface area contributed by atoms with Gasteiger partial charge in [-0.1, -0.05) is 42.5 Å². The number of nitrogens with two attached hydrogens (primary N) is 1. The van der Waals surface area contributed by atoms with Crippen LogP contribution in [0.2, 0.25) is 0 Å². The van der Waals surface area contributed by atoms with Gasteiger partial charge in [0.1, 0.15) is 0 Å². The standard InChI is InChI=1S/C13H14N2O2S/c14-12-8-4-5-9-13(12)15(18(16)17)10-11-6-2-1-3-7-11/h1-9H,10,14H2,(H,16,17)/p-1. The van der Waals surface area contributed by atoms with Crippen LogP contribution in [0.3, 0.4) is 0 Å². The Hall–Kier alpha value is -1.85. The van der Waals surface area contributed by atoms with E-state index in [0.717, 1.165) is 5.56 Å². The van der Waals surface area contributed by atoms with E-state index in [4.69, 9.17) is 5.73 Å². The number of nitrogens with zero attached hydrogens (tertiary/aromatic N) is 1. The molecule has 0 aliphatic rings. The van der Waals surface area contributed by atoms with Crippen molar-refractivity contribution in [2.45, 2.75) is 6.54 Å². The lowest BCUT2D eigenvalue weighted by atomic mass is 10.2. The van der Waals surface area contributed by atoms with E-state index >= 15 is 0 Å². The molecule has 5 heteroatoms. The van der Waals surface area contributed by atoms with Crippen molar-refractivity contribution in [2.24, 2.45) is 0 Å². The number of nitrogen functional groups attached to an aromatic ring is 1. The molecule has 1 unspecified atom stereocenters. The van der Waals surface area contributed by atoms with Crippen LogP contribution in [0.25, 0.3) is 0 Å². The second kappa shape index (κ2) is 5.66. The second-order valence-electron chi connectivity index (χ2n) is 3.80.